The number of nitrogens with one attached hydrogen (secondary N) is 2. The number of hydrazine groups is 1. The van der Waals surface area contributed by atoms with Crippen molar-refractivity contribution >= 4 is 37.5 Å². The molecule has 2 rings (SSSR count). The second-order valence-corrected chi connectivity index (χ2v) is 6.02. The Labute approximate surface area is 118 Å². The summed E-state index contributed by atoms with van der Waals surface area (Å²) in [7, 11) is -3.71. The fourth-order valence-electron chi connectivity index (χ4n) is 1.32. The number of nitrogen functional groups attached to an aromatic ring is 1. The maximum atomic E-state index is 12.2. The van der Waals surface area contributed by atoms with E-state index < -0.39 is 10.0 Å². The van der Waals surface area contributed by atoms with Crippen LogP contribution in [-0.2, 0) is 10.0 Å². The van der Waals surface area contributed by atoms with Gasteiger partial charge in [0.15, 0.2) is 0 Å². The van der Waals surface area contributed by atoms with Crippen molar-refractivity contribution in [3.8, 4) is 0 Å². The molecule has 2 heterocycles. The quantitative estimate of drug-likeness (QED) is 0.570. The van der Waals surface area contributed by atoms with Gasteiger partial charge in [-0.1, -0.05) is 0 Å². The summed E-state index contributed by atoms with van der Waals surface area (Å²) in [5.74, 6) is 5.46. The Balaban J connectivity index is 2.35. The van der Waals surface area contributed by atoms with Gasteiger partial charge in [-0.2, -0.15) is 0 Å². The summed E-state index contributed by atoms with van der Waals surface area (Å²) in [6, 6.07) is 4.25. The van der Waals surface area contributed by atoms with E-state index in [4.69, 9.17) is 5.84 Å². The normalized spacial score (nSPS) is 11.1. The first-order valence-corrected chi connectivity index (χ1v) is 7.35. The molecule has 0 aliphatic heterocycles. The number of halogens is 1. The Bertz CT molecular complexity index is 692. The number of anilines is 2. The Morgan fingerprint density at radius 2 is 2.05 bits per heavy atom. The summed E-state index contributed by atoms with van der Waals surface area (Å²) in [5.41, 5.74) is 2.69. The zero-order chi connectivity index (χ0) is 13.9. The van der Waals surface area contributed by atoms with Crippen molar-refractivity contribution in [2.45, 2.75) is 4.90 Å². The van der Waals surface area contributed by atoms with E-state index in [-0.39, 0.29) is 10.7 Å². The first-order valence-electron chi connectivity index (χ1n) is 5.08. The molecule has 0 bridgehead atoms. The molecule has 0 aliphatic carbocycles. The third kappa shape index (κ3) is 3.19. The van der Waals surface area contributed by atoms with Crippen molar-refractivity contribution in [1.82, 2.24) is 9.97 Å². The van der Waals surface area contributed by atoms with Crippen LogP contribution in [0.25, 0.3) is 0 Å². The highest BCUT2D eigenvalue weighted by Gasteiger charge is 2.16. The number of nitrogens with zero attached hydrogens (tertiary/aromatic N) is 2. The van der Waals surface area contributed by atoms with Gasteiger partial charge in [0.2, 0.25) is 0 Å². The molecule has 100 valence electrons. The van der Waals surface area contributed by atoms with E-state index in [1.54, 1.807) is 6.07 Å². The second-order valence-electron chi connectivity index (χ2n) is 3.48. The van der Waals surface area contributed by atoms with Gasteiger partial charge in [0.1, 0.15) is 5.82 Å². The second kappa shape index (κ2) is 5.51. The summed E-state index contributed by atoms with van der Waals surface area (Å²) < 4.78 is 27.3. The third-order valence-corrected chi connectivity index (χ3v) is 4.20. The SMILES string of the molecule is NNc1cc(S(=O)(=O)Nc2ccncc2Br)ccn1. The topological polar surface area (TPSA) is 110 Å². The van der Waals surface area contributed by atoms with Crippen molar-refractivity contribution in [3.05, 3.63) is 41.3 Å². The van der Waals surface area contributed by atoms with E-state index in [9.17, 15) is 8.42 Å². The molecule has 0 aromatic carbocycles. The average Bonchev–Trinajstić information content (AvgIpc) is 2.41. The standard InChI is InChI=1S/C10H10BrN5O2S/c11-8-6-13-3-2-9(8)16-19(17,18)7-1-4-14-10(5-7)15-12/h1-6H,12H2,(H,13,16)(H,14,15). The molecule has 4 N–H and O–H groups in total. The summed E-state index contributed by atoms with van der Waals surface area (Å²) in [4.78, 5) is 7.76. The van der Waals surface area contributed by atoms with Crippen LogP contribution in [0.15, 0.2) is 46.2 Å². The molecule has 0 fully saturated rings. The van der Waals surface area contributed by atoms with Crippen molar-refractivity contribution in [2.75, 3.05) is 10.1 Å². The summed E-state index contributed by atoms with van der Waals surface area (Å²) in [6.45, 7) is 0. The number of hydrogen-bond donors (Lipinski definition) is 3. The molecule has 0 saturated heterocycles. The minimum atomic E-state index is -3.71. The van der Waals surface area contributed by atoms with Crippen molar-refractivity contribution in [3.63, 3.8) is 0 Å². The molecule has 0 atom stereocenters. The molecule has 2 aromatic heterocycles. The lowest BCUT2D eigenvalue weighted by Crippen LogP contribution is -2.15. The smallest absolute Gasteiger partial charge is 0.262 e. The van der Waals surface area contributed by atoms with Crippen molar-refractivity contribution in [2.24, 2.45) is 5.84 Å². The highest BCUT2D eigenvalue weighted by molar-refractivity contribution is 9.10. The maximum absolute atomic E-state index is 12.2. The number of sulfonamides is 1. The third-order valence-electron chi connectivity index (χ3n) is 2.21. The number of aromatic nitrogens is 2. The zero-order valence-electron chi connectivity index (χ0n) is 9.54. The lowest BCUT2D eigenvalue weighted by Gasteiger charge is -2.09. The van der Waals surface area contributed by atoms with Gasteiger partial charge in [-0.3, -0.25) is 9.71 Å². The zero-order valence-corrected chi connectivity index (χ0v) is 11.9. The van der Waals surface area contributed by atoms with Gasteiger partial charge in [0, 0.05) is 24.7 Å². The maximum Gasteiger partial charge on any atom is 0.262 e. The summed E-state index contributed by atoms with van der Waals surface area (Å²) in [6.07, 6.45) is 4.34. The van der Waals surface area contributed by atoms with E-state index in [0.29, 0.717) is 10.2 Å². The lowest BCUT2D eigenvalue weighted by atomic mass is 10.4. The van der Waals surface area contributed by atoms with Crippen LogP contribution >= 0.6 is 15.9 Å². The van der Waals surface area contributed by atoms with Gasteiger partial charge in [0.05, 0.1) is 15.1 Å². The van der Waals surface area contributed by atoms with Gasteiger partial charge in [0.25, 0.3) is 10.0 Å². The lowest BCUT2D eigenvalue weighted by molar-refractivity contribution is 0.601. The van der Waals surface area contributed by atoms with Gasteiger partial charge < -0.3 is 5.43 Å². The van der Waals surface area contributed by atoms with E-state index in [2.05, 4.69) is 36.0 Å². The largest absolute Gasteiger partial charge is 0.308 e. The van der Waals surface area contributed by atoms with Crippen LogP contribution in [0.2, 0.25) is 0 Å². The fraction of sp³-hybridized carbons (Fsp3) is 0. The number of rotatable bonds is 4. The first-order chi connectivity index (χ1) is 9.03. The average molecular weight is 344 g/mol. The van der Waals surface area contributed by atoms with Crippen LogP contribution in [0, 0.1) is 0 Å². The molecule has 0 spiro atoms. The number of pyridine rings is 2. The Hall–Kier alpha value is -1.71. The Kier molecular flexibility index (Phi) is 3.98. The first kappa shape index (κ1) is 13.7. The molecule has 7 nitrogen and oxygen atoms in total. The van der Waals surface area contributed by atoms with Gasteiger partial charge in [-0.05, 0) is 28.1 Å². The predicted octanol–water partition coefficient (Wildman–Crippen LogP) is 1.33. The van der Waals surface area contributed by atoms with Crippen molar-refractivity contribution < 1.29 is 8.42 Å². The molecule has 0 radical (unpaired) electrons. The summed E-state index contributed by atoms with van der Waals surface area (Å²) >= 11 is 3.22. The molecular formula is C10H10BrN5O2S. The minimum Gasteiger partial charge on any atom is -0.308 e. The van der Waals surface area contributed by atoms with Crippen LogP contribution in [0.3, 0.4) is 0 Å². The van der Waals surface area contributed by atoms with E-state index in [1.165, 1.54) is 30.7 Å². The monoisotopic (exact) mass is 343 g/mol. The number of nitrogens with two attached hydrogens (primary N) is 1. The van der Waals surface area contributed by atoms with Crippen LogP contribution in [-0.4, -0.2) is 18.4 Å². The van der Waals surface area contributed by atoms with Crippen LogP contribution in [0.1, 0.15) is 0 Å². The Morgan fingerprint density at radius 3 is 2.74 bits per heavy atom. The highest BCUT2D eigenvalue weighted by Crippen LogP contribution is 2.23. The van der Waals surface area contributed by atoms with Gasteiger partial charge >= 0.3 is 0 Å². The van der Waals surface area contributed by atoms with E-state index in [0.717, 1.165) is 0 Å². The van der Waals surface area contributed by atoms with E-state index >= 15 is 0 Å². The summed E-state index contributed by atoms with van der Waals surface area (Å²) in [5, 5.41) is 0. The molecule has 0 aliphatic rings. The van der Waals surface area contributed by atoms with Gasteiger partial charge in [-0.15, -0.1) is 0 Å². The van der Waals surface area contributed by atoms with Crippen LogP contribution in [0.5, 0.6) is 0 Å². The van der Waals surface area contributed by atoms with E-state index in [1.807, 2.05) is 0 Å². The fourth-order valence-corrected chi connectivity index (χ4v) is 2.89. The molecule has 0 saturated carbocycles. The van der Waals surface area contributed by atoms with Gasteiger partial charge in [-0.25, -0.2) is 19.2 Å². The van der Waals surface area contributed by atoms with Crippen molar-refractivity contribution in [1.29, 1.82) is 0 Å². The Morgan fingerprint density at radius 1 is 1.26 bits per heavy atom. The molecule has 0 amide bonds. The number of hydrogen-bond acceptors (Lipinski definition) is 6. The molecule has 19 heavy (non-hydrogen) atoms. The molecular weight excluding hydrogens is 334 g/mol. The molecule has 0 unspecified atom stereocenters. The highest BCUT2D eigenvalue weighted by atomic mass is 79.9. The predicted molar refractivity (Wildman–Crippen MR) is 74.8 cm³/mol. The molecule has 2 aromatic rings. The minimum absolute atomic E-state index is 0.0548. The van der Waals surface area contributed by atoms with Crippen LogP contribution in [0.4, 0.5) is 11.5 Å². The molecule has 9 heteroatoms. The van der Waals surface area contributed by atoms with Crippen LogP contribution < -0.4 is 16.0 Å².